The van der Waals surface area contributed by atoms with Crippen LogP contribution in [0.25, 0.3) is 6.08 Å². The molecule has 2 rings (SSSR count). The van der Waals surface area contributed by atoms with Crippen molar-refractivity contribution in [1.29, 1.82) is 0 Å². The number of H-pyrrole nitrogens is 1. The molecule has 3 heteroatoms. The molecule has 0 radical (unpaired) electrons. The lowest BCUT2D eigenvalue weighted by Gasteiger charge is -1.98. The van der Waals surface area contributed by atoms with Gasteiger partial charge < -0.3 is 17.0 Å². The summed E-state index contributed by atoms with van der Waals surface area (Å²) in [6, 6.07) is 8.40. The smallest absolute Gasteiger partial charge is 0.241 e. The number of benzene rings is 1. The van der Waals surface area contributed by atoms with Crippen LogP contribution in [0.4, 0.5) is 0 Å². The summed E-state index contributed by atoms with van der Waals surface area (Å²) in [5.74, 6) is 0. The Bertz CT molecular complexity index is 404. The van der Waals surface area contributed by atoms with Crippen LogP contribution in [0.5, 0.6) is 0 Å². The van der Waals surface area contributed by atoms with Gasteiger partial charge in [0.25, 0.3) is 0 Å². The molecule has 15 heavy (non-hydrogen) atoms. The molecule has 0 bridgehead atoms. The monoisotopic (exact) mass is 264 g/mol. The van der Waals surface area contributed by atoms with Gasteiger partial charge >= 0.3 is 0 Å². The molecular formula is C12H13BrN2. The first-order valence-corrected chi connectivity index (χ1v) is 4.62. The van der Waals surface area contributed by atoms with E-state index in [1.54, 1.807) is 0 Å². The Hall–Kier alpha value is -1.35. The van der Waals surface area contributed by atoms with Crippen LogP contribution >= 0.6 is 0 Å². The van der Waals surface area contributed by atoms with E-state index in [1.807, 2.05) is 24.8 Å². The van der Waals surface area contributed by atoms with Crippen LogP contribution in [-0.4, -0.2) is 4.98 Å². The molecule has 0 aliphatic heterocycles. The van der Waals surface area contributed by atoms with Gasteiger partial charge in [0.1, 0.15) is 18.9 Å². The Morgan fingerprint density at radius 3 is 2.53 bits per heavy atom. The number of hydrogen-bond acceptors (Lipinski definition) is 0. The molecule has 0 amide bonds. The standard InChI is InChI=1S/C12H12N2.BrH/c1-2-11-3-5-12(6-4-11)9-14-8-7-13-10-14;/h2-8,10H,1,9H2;1H. The Labute approximate surface area is 100 Å². The molecule has 0 aliphatic rings. The summed E-state index contributed by atoms with van der Waals surface area (Å²) in [4.78, 5) is 3.02. The third kappa shape index (κ3) is 3.06. The van der Waals surface area contributed by atoms with Crippen LogP contribution in [0, 0.1) is 0 Å². The van der Waals surface area contributed by atoms with E-state index < -0.39 is 0 Å². The Balaban J connectivity index is 0.00000112. The van der Waals surface area contributed by atoms with Gasteiger partial charge in [-0.05, 0) is 11.1 Å². The van der Waals surface area contributed by atoms with Gasteiger partial charge in [0.15, 0.2) is 0 Å². The van der Waals surface area contributed by atoms with Crippen molar-refractivity contribution < 1.29 is 21.5 Å². The number of halogens is 1. The van der Waals surface area contributed by atoms with E-state index in [9.17, 15) is 0 Å². The van der Waals surface area contributed by atoms with E-state index in [2.05, 4.69) is 40.4 Å². The molecule has 1 heterocycles. The summed E-state index contributed by atoms with van der Waals surface area (Å²) in [5.41, 5.74) is 2.45. The van der Waals surface area contributed by atoms with Gasteiger partial charge in [-0.1, -0.05) is 36.9 Å². The summed E-state index contributed by atoms with van der Waals surface area (Å²) >= 11 is 0. The highest BCUT2D eigenvalue weighted by Gasteiger charge is 1.98. The number of aromatic amines is 1. The quantitative estimate of drug-likeness (QED) is 0.687. The van der Waals surface area contributed by atoms with Crippen LogP contribution in [-0.2, 0) is 6.54 Å². The third-order valence-corrected chi connectivity index (χ3v) is 2.18. The maximum Gasteiger partial charge on any atom is 0.241 e. The predicted molar refractivity (Wildman–Crippen MR) is 56.6 cm³/mol. The summed E-state index contributed by atoms with van der Waals surface area (Å²) in [7, 11) is 0. The second-order valence-electron chi connectivity index (χ2n) is 3.23. The SMILES string of the molecule is C=Cc1ccc(C[n+]2cc[nH]c2)cc1.[Br-]. The minimum Gasteiger partial charge on any atom is -1.00 e. The van der Waals surface area contributed by atoms with Crippen LogP contribution in [0.2, 0.25) is 0 Å². The number of imidazole rings is 1. The molecule has 0 fully saturated rings. The highest BCUT2D eigenvalue weighted by atomic mass is 79.9. The Kier molecular flexibility index (Phi) is 4.31. The zero-order valence-electron chi connectivity index (χ0n) is 8.36. The van der Waals surface area contributed by atoms with Crippen LogP contribution in [0.15, 0.2) is 49.6 Å². The van der Waals surface area contributed by atoms with Gasteiger partial charge in [-0.3, -0.25) is 4.98 Å². The zero-order valence-corrected chi connectivity index (χ0v) is 9.94. The molecule has 0 atom stereocenters. The van der Waals surface area contributed by atoms with E-state index in [1.165, 1.54) is 5.56 Å². The van der Waals surface area contributed by atoms with Crippen molar-refractivity contribution in [3.05, 3.63) is 60.7 Å². The molecule has 0 unspecified atom stereocenters. The second kappa shape index (κ2) is 5.51. The third-order valence-electron chi connectivity index (χ3n) is 2.18. The Morgan fingerprint density at radius 1 is 1.27 bits per heavy atom. The average molecular weight is 265 g/mol. The van der Waals surface area contributed by atoms with Gasteiger partial charge in [0, 0.05) is 0 Å². The fourth-order valence-corrected chi connectivity index (χ4v) is 1.39. The van der Waals surface area contributed by atoms with Gasteiger partial charge in [-0.25, -0.2) is 4.57 Å². The van der Waals surface area contributed by atoms with E-state index >= 15 is 0 Å². The van der Waals surface area contributed by atoms with E-state index in [-0.39, 0.29) is 17.0 Å². The molecule has 1 aromatic heterocycles. The average Bonchev–Trinajstić information content (AvgIpc) is 2.72. The number of rotatable bonds is 3. The minimum atomic E-state index is 0. The van der Waals surface area contributed by atoms with Crippen molar-refractivity contribution in [3.63, 3.8) is 0 Å². The number of hydrogen-bond donors (Lipinski definition) is 1. The van der Waals surface area contributed by atoms with Crippen molar-refractivity contribution in [3.8, 4) is 0 Å². The number of aromatic nitrogens is 2. The summed E-state index contributed by atoms with van der Waals surface area (Å²) < 4.78 is 2.10. The second-order valence-corrected chi connectivity index (χ2v) is 3.23. The summed E-state index contributed by atoms with van der Waals surface area (Å²) in [6.45, 7) is 4.63. The first-order chi connectivity index (χ1) is 6.88. The number of nitrogens with one attached hydrogen (secondary N) is 1. The predicted octanol–water partition coefficient (Wildman–Crippen LogP) is -1.00. The van der Waals surface area contributed by atoms with Crippen molar-refractivity contribution in [1.82, 2.24) is 4.98 Å². The van der Waals surface area contributed by atoms with Crippen molar-refractivity contribution >= 4 is 6.08 Å². The molecule has 0 aliphatic carbocycles. The van der Waals surface area contributed by atoms with Crippen molar-refractivity contribution in [2.45, 2.75) is 6.54 Å². The van der Waals surface area contributed by atoms with E-state index in [4.69, 9.17) is 0 Å². The Morgan fingerprint density at radius 2 is 2.00 bits per heavy atom. The van der Waals surface area contributed by atoms with Crippen LogP contribution < -0.4 is 21.5 Å². The normalized spacial score (nSPS) is 9.33. The van der Waals surface area contributed by atoms with Gasteiger partial charge in [0.05, 0.1) is 0 Å². The first kappa shape index (κ1) is 11.7. The fourth-order valence-electron chi connectivity index (χ4n) is 1.39. The maximum absolute atomic E-state index is 3.73. The molecule has 1 aromatic carbocycles. The summed E-state index contributed by atoms with van der Waals surface area (Å²) in [5, 5.41) is 0. The largest absolute Gasteiger partial charge is 1.00 e. The fraction of sp³-hybridized carbons (Fsp3) is 0.0833. The molecule has 1 N–H and O–H groups in total. The lowest BCUT2D eigenvalue weighted by atomic mass is 10.1. The lowest BCUT2D eigenvalue weighted by Crippen LogP contribution is -3.00. The van der Waals surface area contributed by atoms with Crippen LogP contribution in [0.1, 0.15) is 11.1 Å². The molecule has 0 saturated heterocycles. The van der Waals surface area contributed by atoms with Gasteiger partial charge in [-0.2, -0.15) is 0 Å². The summed E-state index contributed by atoms with van der Waals surface area (Å²) in [6.07, 6.45) is 7.73. The molecule has 0 saturated carbocycles. The molecule has 2 aromatic rings. The maximum atomic E-state index is 3.73. The molecular weight excluding hydrogens is 252 g/mol. The highest BCUT2D eigenvalue weighted by molar-refractivity contribution is 5.46. The molecule has 0 spiro atoms. The van der Waals surface area contributed by atoms with Crippen molar-refractivity contribution in [2.24, 2.45) is 0 Å². The molecule has 2 nitrogen and oxygen atoms in total. The lowest BCUT2D eigenvalue weighted by molar-refractivity contribution is -0.687. The number of nitrogens with zero attached hydrogens (tertiary/aromatic N) is 1. The van der Waals surface area contributed by atoms with E-state index in [0.717, 1.165) is 12.1 Å². The highest BCUT2D eigenvalue weighted by Crippen LogP contribution is 2.04. The molecule has 78 valence electrons. The van der Waals surface area contributed by atoms with Crippen LogP contribution in [0.3, 0.4) is 0 Å². The van der Waals surface area contributed by atoms with Crippen molar-refractivity contribution in [2.75, 3.05) is 0 Å². The van der Waals surface area contributed by atoms with Gasteiger partial charge in [-0.15, -0.1) is 0 Å². The topological polar surface area (TPSA) is 19.7 Å². The van der Waals surface area contributed by atoms with E-state index in [0.29, 0.717) is 0 Å². The zero-order chi connectivity index (χ0) is 9.80. The first-order valence-electron chi connectivity index (χ1n) is 4.62. The minimum absolute atomic E-state index is 0. The van der Waals surface area contributed by atoms with Gasteiger partial charge in [0.2, 0.25) is 6.33 Å².